The van der Waals surface area contributed by atoms with Gasteiger partial charge in [0.05, 0.1) is 11.1 Å². The highest BCUT2D eigenvalue weighted by Gasteiger charge is 2.18. The van der Waals surface area contributed by atoms with Crippen LogP contribution in [0.1, 0.15) is 13.8 Å². The van der Waals surface area contributed by atoms with Crippen molar-refractivity contribution in [3.63, 3.8) is 0 Å². The van der Waals surface area contributed by atoms with Crippen LogP contribution in [0.3, 0.4) is 0 Å². The molecule has 0 aliphatic carbocycles. The SMILES string of the molecule is C\C=C/C=C(C(N)=O)\C(=C/C)C(=O)OI. The Labute approximate surface area is 103 Å². The van der Waals surface area contributed by atoms with Gasteiger partial charge < -0.3 is 8.80 Å². The first-order chi connectivity index (χ1) is 7.08. The predicted octanol–water partition coefficient (Wildman–Crippen LogP) is 1.81. The summed E-state index contributed by atoms with van der Waals surface area (Å²) in [6.45, 7) is 3.43. The molecule has 0 aliphatic rings. The maximum atomic E-state index is 11.3. The predicted molar refractivity (Wildman–Crippen MR) is 66.0 cm³/mol. The van der Waals surface area contributed by atoms with E-state index in [0.29, 0.717) is 0 Å². The van der Waals surface area contributed by atoms with Crippen molar-refractivity contribution in [2.75, 3.05) is 0 Å². The first-order valence-corrected chi connectivity index (χ1v) is 5.08. The van der Waals surface area contributed by atoms with E-state index in [2.05, 4.69) is 3.07 Å². The molecule has 0 rings (SSSR count). The summed E-state index contributed by atoms with van der Waals surface area (Å²) in [6, 6.07) is 0. The summed E-state index contributed by atoms with van der Waals surface area (Å²) >= 11 is 1.46. The van der Waals surface area contributed by atoms with E-state index in [1.807, 2.05) is 0 Å². The van der Waals surface area contributed by atoms with Crippen LogP contribution in [-0.4, -0.2) is 11.9 Å². The average molecular weight is 321 g/mol. The first kappa shape index (κ1) is 13.9. The van der Waals surface area contributed by atoms with Crippen LogP contribution < -0.4 is 5.73 Å². The van der Waals surface area contributed by atoms with E-state index in [1.165, 1.54) is 35.2 Å². The topological polar surface area (TPSA) is 69.4 Å². The third-order valence-corrected chi connectivity index (χ3v) is 1.99. The van der Waals surface area contributed by atoms with Gasteiger partial charge in [0, 0.05) is 0 Å². The van der Waals surface area contributed by atoms with Crippen molar-refractivity contribution in [2.45, 2.75) is 13.8 Å². The number of allylic oxidation sites excluding steroid dienone is 4. The third-order valence-electron chi connectivity index (χ3n) is 1.59. The minimum absolute atomic E-state index is 0.136. The number of nitrogens with two attached hydrogens (primary N) is 1. The standard InChI is InChI=1S/C10H12INO3/c1-3-5-6-8(9(12)13)7(4-2)10(14)15-11/h3-6H,1-2H3,(H2,12,13)/b5-3-,7-4+,8-6+. The molecule has 0 aromatic rings. The summed E-state index contributed by atoms with van der Waals surface area (Å²) in [7, 11) is 0. The minimum Gasteiger partial charge on any atom is -0.391 e. The molecule has 0 atom stereocenters. The Balaban J connectivity index is 5.24. The molecular formula is C10H12INO3. The van der Waals surface area contributed by atoms with Gasteiger partial charge in [-0.15, -0.1) is 0 Å². The highest BCUT2D eigenvalue weighted by molar-refractivity contribution is 14.1. The number of primary amides is 1. The number of hydrogen-bond acceptors (Lipinski definition) is 3. The van der Waals surface area contributed by atoms with E-state index in [0.717, 1.165) is 0 Å². The Hall–Kier alpha value is -1.11. The molecule has 5 heteroatoms. The van der Waals surface area contributed by atoms with Gasteiger partial charge in [-0.2, -0.15) is 0 Å². The van der Waals surface area contributed by atoms with E-state index in [4.69, 9.17) is 5.73 Å². The van der Waals surface area contributed by atoms with Crippen molar-refractivity contribution in [3.8, 4) is 0 Å². The summed E-state index contributed by atoms with van der Waals surface area (Å²) in [6.07, 6.45) is 6.32. The van der Waals surface area contributed by atoms with Gasteiger partial charge >= 0.3 is 5.97 Å². The van der Waals surface area contributed by atoms with Gasteiger partial charge in [-0.3, -0.25) is 4.79 Å². The Kier molecular flexibility index (Phi) is 6.68. The highest BCUT2D eigenvalue weighted by Crippen LogP contribution is 2.13. The van der Waals surface area contributed by atoms with Crippen molar-refractivity contribution >= 4 is 34.9 Å². The summed E-state index contributed by atoms with van der Waals surface area (Å²) in [5.74, 6) is -1.25. The van der Waals surface area contributed by atoms with Crippen LogP contribution in [0.5, 0.6) is 0 Å². The van der Waals surface area contributed by atoms with E-state index in [9.17, 15) is 9.59 Å². The molecule has 1 amide bonds. The average Bonchev–Trinajstić information content (AvgIpc) is 2.22. The molecule has 0 heterocycles. The molecule has 0 spiro atoms. The van der Waals surface area contributed by atoms with Gasteiger partial charge in [0.2, 0.25) is 5.91 Å². The fourth-order valence-electron chi connectivity index (χ4n) is 0.922. The molecule has 2 N–H and O–H groups in total. The zero-order valence-electron chi connectivity index (χ0n) is 8.49. The Morgan fingerprint density at radius 2 is 1.87 bits per heavy atom. The normalized spacial score (nSPS) is 13.0. The lowest BCUT2D eigenvalue weighted by Gasteiger charge is -2.04. The second-order valence-corrected chi connectivity index (χ2v) is 2.98. The lowest BCUT2D eigenvalue weighted by molar-refractivity contribution is -0.127. The lowest BCUT2D eigenvalue weighted by Crippen LogP contribution is -2.19. The van der Waals surface area contributed by atoms with Gasteiger partial charge in [-0.1, -0.05) is 18.2 Å². The zero-order valence-corrected chi connectivity index (χ0v) is 10.6. The number of rotatable bonds is 4. The second kappa shape index (κ2) is 7.22. The Bertz CT molecular complexity index is 343. The van der Waals surface area contributed by atoms with Gasteiger partial charge in [0.1, 0.15) is 0 Å². The van der Waals surface area contributed by atoms with Crippen LogP contribution in [0.2, 0.25) is 0 Å². The molecular weight excluding hydrogens is 309 g/mol. The summed E-state index contributed by atoms with van der Waals surface area (Å²) < 4.78 is 4.50. The zero-order chi connectivity index (χ0) is 11.8. The maximum absolute atomic E-state index is 11.3. The van der Waals surface area contributed by atoms with Gasteiger partial charge in [-0.05, 0) is 19.9 Å². The van der Waals surface area contributed by atoms with Crippen molar-refractivity contribution < 1.29 is 12.7 Å². The van der Waals surface area contributed by atoms with Gasteiger partial charge in [0.25, 0.3) is 0 Å². The highest BCUT2D eigenvalue weighted by atomic mass is 127. The maximum Gasteiger partial charge on any atom is 0.348 e. The number of carbonyl (C=O) groups excluding carboxylic acids is 2. The van der Waals surface area contributed by atoms with Crippen LogP contribution in [0, 0.1) is 0 Å². The summed E-state index contributed by atoms with van der Waals surface area (Å²) in [4.78, 5) is 22.4. The Morgan fingerprint density at radius 1 is 1.27 bits per heavy atom. The first-order valence-electron chi connectivity index (χ1n) is 4.20. The second-order valence-electron chi connectivity index (χ2n) is 2.54. The smallest absolute Gasteiger partial charge is 0.348 e. The van der Waals surface area contributed by atoms with E-state index in [1.54, 1.807) is 26.0 Å². The summed E-state index contributed by atoms with van der Waals surface area (Å²) in [5.41, 5.74) is 5.45. The van der Waals surface area contributed by atoms with Crippen molar-refractivity contribution in [2.24, 2.45) is 5.73 Å². The van der Waals surface area contributed by atoms with Crippen LogP contribution in [-0.2, 0) is 12.7 Å². The largest absolute Gasteiger partial charge is 0.391 e. The van der Waals surface area contributed by atoms with Crippen molar-refractivity contribution in [3.05, 3.63) is 35.5 Å². The van der Waals surface area contributed by atoms with Gasteiger partial charge in [0.15, 0.2) is 23.0 Å². The molecule has 0 aromatic heterocycles. The van der Waals surface area contributed by atoms with E-state index in [-0.39, 0.29) is 11.1 Å². The molecule has 0 aromatic carbocycles. The number of amides is 1. The quantitative estimate of drug-likeness (QED) is 0.488. The molecule has 82 valence electrons. The molecule has 0 unspecified atom stereocenters. The van der Waals surface area contributed by atoms with Gasteiger partial charge in [-0.25, -0.2) is 4.79 Å². The van der Waals surface area contributed by atoms with Crippen LogP contribution in [0.25, 0.3) is 0 Å². The van der Waals surface area contributed by atoms with E-state index >= 15 is 0 Å². The molecule has 4 nitrogen and oxygen atoms in total. The molecule has 0 saturated carbocycles. The molecule has 0 fully saturated rings. The van der Waals surface area contributed by atoms with Crippen LogP contribution >= 0.6 is 23.0 Å². The molecule has 0 aliphatic heterocycles. The molecule has 0 bridgehead atoms. The van der Waals surface area contributed by atoms with Crippen LogP contribution in [0.4, 0.5) is 0 Å². The van der Waals surface area contributed by atoms with Crippen molar-refractivity contribution in [1.29, 1.82) is 0 Å². The number of carbonyl (C=O) groups is 2. The monoisotopic (exact) mass is 321 g/mol. The number of hydrogen-bond donors (Lipinski definition) is 1. The van der Waals surface area contributed by atoms with E-state index < -0.39 is 11.9 Å². The fraction of sp³-hybridized carbons (Fsp3) is 0.200. The Morgan fingerprint density at radius 3 is 2.20 bits per heavy atom. The minimum atomic E-state index is -0.664. The lowest BCUT2D eigenvalue weighted by atomic mass is 10.1. The fourth-order valence-corrected chi connectivity index (χ4v) is 1.16. The summed E-state index contributed by atoms with van der Waals surface area (Å²) in [5, 5.41) is 0. The molecule has 0 radical (unpaired) electrons. The number of halogens is 1. The third kappa shape index (κ3) is 4.28. The molecule has 15 heavy (non-hydrogen) atoms. The van der Waals surface area contributed by atoms with Crippen molar-refractivity contribution in [1.82, 2.24) is 0 Å². The molecule has 0 saturated heterocycles. The van der Waals surface area contributed by atoms with Crippen LogP contribution in [0.15, 0.2) is 35.5 Å².